The Kier molecular flexibility index (Phi) is 15.2. The average Bonchev–Trinajstić information content (AvgIpc) is 3.31. The topological polar surface area (TPSA) is 88.3 Å². The average molecular weight is 495 g/mol. The molecular weight excluding hydrogens is 448 g/mol. The van der Waals surface area contributed by atoms with E-state index in [1.807, 2.05) is 6.20 Å². The minimum atomic E-state index is -0.241. The fourth-order valence-corrected chi connectivity index (χ4v) is 5.10. The smallest absolute Gasteiger partial charge is 0.222 e. The molecule has 194 valence electrons. The number of piperidine rings is 1. The lowest BCUT2D eigenvalue weighted by molar-refractivity contribution is -0.132. The highest BCUT2D eigenvalue weighted by molar-refractivity contribution is 7.98. The summed E-state index contributed by atoms with van der Waals surface area (Å²) < 4.78 is 1.70. The van der Waals surface area contributed by atoms with E-state index in [1.165, 1.54) is 51.4 Å². The van der Waals surface area contributed by atoms with Crippen molar-refractivity contribution in [1.82, 2.24) is 19.9 Å². The number of aliphatic hydroxyl groups excluding tert-OH is 1. The summed E-state index contributed by atoms with van der Waals surface area (Å²) in [6.07, 6.45) is 20.4. The maximum atomic E-state index is 12.8. The lowest BCUT2D eigenvalue weighted by atomic mass is 10.0. The summed E-state index contributed by atoms with van der Waals surface area (Å²) in [6, 6.07) is -0.241. The number of rotatable bonds is 19. The van der Waals surface area contributed by atoms with Crippen molar-refractivity contribution in [2.75, 3.05) is 31.7 Å². The first-order valence-electron chi connectivity index (χ1n) is 13.5. The van der Waals surface area contributed by atoms with Crippen molar-refractivity contribution >= 4 is 23.5 Å². The Morgan fingerprint density at radius 2 is 1.59 bits per heavy atom. The van der Waals surface area contributed by atoms with E-state index in [1.54, 1.807) is 16.4 Å². The largest absolute Gasteiger partial charge is 0.396 e. The number of Topliss-reactive ketones (excluding diaryl/α,β-unsaturated/α-hetero) is 1. The van der Waals surface area contributed by atoms with E-state index >= 15 is 0 Å². The highest BCUT2D eigenvalue weighted by Crippen LogP contribution is 2.19. The number of carbonyl (C=O) groups is 2. The van der Waals surface area contributed by atoms with Crippen LogP contribution in [0, 0.1) is 0 Å². The molecule has 1 aliphatic heterocycles. The van der Waals surface area contributed by atoms with Crippen LogP contribution in [0.5, 0.6) is 0 Å². The Labute approximate surface area is 210 Å². The molecular formula is C26H46N4O3S. The molecule has 0 spiro atoms. The second-order valence-electron chi connectivity index (χ2n) is 9.55. The molecule has 1 atom stereocenters. The maximum absolute atomic E-state index is 12.8. The van der Waals surface area contributed by atoms with Crippen molar-refractivity contribution in [3.05, 3.63) is 11.9 Å². The highest BCUT2D eigenvalue weighted by Gasteiger charge is 2.21. The summed E-state index contributed by atoms with van der Waals surface area (Å²) in [4.78, 5) is 27.0. The number of likely N-dealkylation sites (tertiary alicyclic amines) is 1. The van der Waals surface area contributed by atoms with E-state index in [-0.39, 0.29) is 18.4 Å². The molecule has 8 heteroatoms. The van der Waals surface area contributed by atoms with Crippen LogP contribution < -0.4 is 0 Å². The summed E-state index contributed by atoms with van der Waals surface area (Å²) >= 11 is 1.74. The molecule has 0 aliphatic carbocycles. The van der Waals surface area contributed by atoms with Gasteiger partial charge in [0, 0.05) is 45.2 Å². The molecule has 0 saturated carbocycles. The second kappa shape index (κ2) is 17.9. The molecule has 1 aromatic rings. The zero-order valence-corrected chi connectivity index (χ0v) is 22.1. The van der Waals surface area contributed by atoms with Crippen LogP contribution in [0.1, 0.15) is 108 Å². The van der Waals surface area contributed by atoms with E-state index < -0.39 is 0 Å². The molecule has 7 nitrogen and oxygen atoms in total. The molecule has 1 aromatic heterocycles. The molecule has 2 heterocycles. The number of hydrogen-bond acceptors (Lipinski definition) is 6. The van der Waals surface area contributed by atoms with Gasteiger partial charge in [0.25, 0.3) is 0 Å². The minimum Gasteiger partial charge on any atom is -0.396 e. The molecule has 34 heavy (non-hydrogen) atoms. The fraction of sp³-hybridized carbons (Fsp3) is 0.846. The van der Waals surface area contributed by atoms with Crippen LogP contribution in [0.3, 0.4) is 0 Å². The van der Waals surface area contributed by atoms with Crippen LogP contribution in [-0.4, -0.2) is 68.4 Å². The number of thioether (sulfide) groups is 1. The number of carbonyl (C=O) groups excluding carboxylic acids is 2. The minimum absolute atomic E-state index is 0.0422. The summed E-state index contributed by atoms with van der Waals surface area (Å²) in [5.74, 6) is 1.52. The number of nitrogens with zero attached hydrogens (tertiary/aromatic N) is 4. The lowest BCUT2D eigenvalue weighted by Crippen LogP contribution is -2.35. The lowest BCUT2D eigenvalue weighted by Gasteiger charge is -2.26. The Morgan fingerprint density at radius 1 is 0.971 bits per heavy atom. The van der Waals surface area contributed by atoms with Crippen molar-refractivity contribution in [1.29, 1.82) is 0 Å². The van der Waals surface area contributed by atoms with Crippen LogP contribution in [0.4, 0.5) is 0 Å². The second-order valence-corrected chi connectivity index (χ2v) is 10.5. The van der Waals surface area contributed by atoms with Gasteiger partial charge >= 0.3 is 0 Å². The van der Waals surface area contributed by atoms with Crippen molar-refractivity contribution in [2.45, 2.75) is 109 Å². The molecule has 2 rings (SSSR count). The molecule has 1 unspecified atom stereocenters. The van der Waals surface area contributed by atoms with E-state index in [0.717, 1.165) is 63.1 Å². The molecule has 1 aliphatic rings. The zero-order chi connectivity index (χ0) is 24.4. The van der Waals surface area contributed by atoms with Crippen molar-refractivity contribution in [2.24, 2.45) is 0 Å². The number of aliphatic hydroxyl groups is 1. The van der Waals surface area contributed by atoms with Gasteiger partial charge in [-0.2, -0.15) is 11.8 Å². The van der Waals surface area contributed by atoms with Crippen molar-refractivity contribution in [3.8, 4) is 0 Å². The van der Waals surface area contributed by atoms with Crippen LogP contribution in [-0.2, 0) is 16.0 Å². The first kappa shape index (κ1) is 28.8. The van der Waals surface area contributed by atoms with Gasteiger partial charge in [0.15, 0.2) is 5.78 Å². The van der Waals surface area contributed by atoms with Crippen molar-refractivity contribution in [3.63, 3.8) is 0 Å². The summed E-state index contributed by atoms with van der Waals surface area (Å²) in [5.41, 5.74) is 0.734. The monoisotopic (exact) mass is 494 g/mol. The third-order valence-corrected chi connectivity index (χ3v) is 7.38. The van der Waals surface area contributed by atoms with Gasteiger partial charge in [0.05, 0.1) is 5.69 Å². The van der Waals surface area contributed by atoms with E-state index in [0.29, 0.717) is 18.7 Å². The third-order valence-electron chi connectivity index (χ3n) is 6.73. The fourth-order valence-electron chi connectivity index (χ4n) is 4.65. The Balaban J connectivity index is 1.49. The molecule has 1 amide bonds. The first-order valence-corrected chi connectivity index (χ1v) is 14.9. The Bertz CT molecular complexity index is 691. The van der Waals surface area contributed by atoms with Gasteiger partial charge in [0.1, 0.15) is 6.04 Å². The third kappa shape index (κ3) is 11.3. The number of aromatic nitrogens is 3. The summed E-state index contributed by atoms with van der Waals surface area (Å²) in [7, 11) is 0. The molecule has 1 saturated heterocycles. The van der Waals surface area contributed by atoms with E-state index in [4.69, 9.17) is 5.11 Å². The predicted octanol–water partition coefficient (Wildman–Crippen LogP) is 4.98. The van der Waals surface area contributed by atoms with Crippen LogP contribution in [0.25, 0.3) is 0 Å². The summed E-state index contributed by atoms with van der Waals surface area (Å²) in [6.45, 7) is 1.98. The summed E-state index contributed by atoms with van der Waals surface area (Å²) in [5, 5.41) is 17.3. The van der Waals surface area contributed by atoms with Gasteiger partial charge in [-0.25, -0.2) is 4.68 Å². The van der Waals surface area contributed by atoms with Crippen LogP contribution in [0.15, 0.2) is 6.20 Å². The van der Waals surface area contributed by atoms with Crippen LogP contribution >= 0.6 is 11.8 Å². The first-order chi connectivity index (χ1) is 16.7. The number of unbranched alkanes of at least 4 members (excludes halogenated alkanes) is 8. The number of amides is 1. The van der Waals surface area contributed by atoms with Crippen molar-refractivity contribution < 1.29 is 14.7 Å². The van der Waals surface area contributed by atoms with E-state index in [2.05, 4.69) is 21.5 Å². The zero-order valence-electron chi connectivity index (χ0n) is 21.3. The molecule has 0 bridgehead atoms. The van der Waals surface area contributed by atoms with Gasteiger partial charge in [-0.05, 0) is 50.5 Å². The van der Waals surface area contributed by atoms with Gasteiger partial charge < -0.3 is 10.0 Å². The van der Waals surface area contributed by atoms with Gasteiger partial charge in [-0.1, -0.05) is 50.2 Å². The van der Waals surface area contributed by atoms with Gasteiger partial charge in [0.2, 0.25) is 5.91 Å². The van der Waals surface area contributed by atoms with Gasteiger partial charge in [-0.3, -0.25) is 9.59 Å². The quantitative estimate of drug-likeness (QED) is 0.273. The predicted molar refractivity (Wildman–Crippen MR) is 139 cm³/mol. The maximum Gasteiger partial charge on any atom is 0.222 e. The van der Waals surface area contributed by atoms with Gasteiger partial charge in [-0.15, -0.1) is 5.10 Å². The number of ketones is 1. The van der Waals surface area contributed by atoms with E-state index in [9.17, 15) is 9.59 Å². The SMILES string of the molecule is CSCCC(C(=O)CCCCCCCCCCCC(=O)N1CCCCC1)n1cc(CCO)nn1. The number of hydrogen-bond donors (Lipinski definition) is 1. The molecule has 1 fully saturated rings. The highest BCUT2D eigenvalue weighted by atomic mass is 32.2. The molecule has 0 radical (unpaired) electrons. The van der Waals surface area contributed by atoms with Crippen LogP contribution in [0.2, 0.25) is 0 Å². The standard InChI is InChI=1S/C26H46N4O3S/c1-34-21-17-24(30-22-23(16-20-31)27-28-30)25(32)14-10-7-5-3-2-4-6-8-11-15-26(33)29-18-12-9-13-19-29/h22,24,31H,2-21H2,1H3. The Hall–Kier alpha value is -1.41. The Morgan fingerprint density at radius 3 is 2.21 bits per heavy atom. The molecule has 1 N–H and O–H groups in total. The normalized spacial score (nSPS) is 14.9. The molecule has 0 aromatic carbocycles.